The van der Waals surface area contributed by atoms with Crippen molar-refractivity contribution in [3.05, 3.63) is 39.5 Å². The number of aliphatic hydroxyl groups is 2. The molecule has 1 heterocycles. The monoisotopic (exact) mass is 228 g/mol. The minimum Gasteiger partial charge on any atom is -0.390 e. The summed E-state index contributed by atoms with van der Waals surface area (Å²) in [5, 5.41) is 22.5. The van der Waals surface area contributed by atoms with Crippen LogP contribution < -0.4 is 0 Å². The summed E-state index contributed by atoms with van der Waals surface area (Å²) in [6.07, 6.45) is 0.421. The van der Waals surface area contributed by atoms with Crippen LogP contribution in [0.3, 0.4) is 0 Å². The summed E-state index contributed by atoms with van der Waals surface area (Å²) in [4.78, 5) is 6.25. The Hall–Kier alpha value is -1.33. The molecule has 0 saturated heterocycles. The maximum Gasteiger partial charge on any atom is 0.108 e. The van der Waals surface area contributed by atoms with Crippen LogP contribution in [0.2, 0.25) is 5.02 Å². The quantitative estimate of drug-likeness (QED) is 0.463. The maximum atomic E-state index is 9.64. The van der Waals surface area contributed by atoms with Crippen molar-refractivity contribution in [3.63, 3.8) is 0 Å². The third-order valence-corrected chi connectivity index (χ3v) is 2.16. The van der Waals surface area contributed by atoms with Crippen LogP contribution in [0.4, 0.5) is 0 Å². The van der Waals surface area contributed by atoms with E-state index in [-0.39, 0.29) is 6.54 Å². The van der Waals surface area contributed by atoms with Crippen molar-refractivity contribution in [1.82, 2.24) is 4.98 Å². The molecule has 0 spiro atoms. The Labute approximate surface area is 90.8 Å². The molecular weight excluding hydrogens is 220 g/mol. The Morgan fingerprint density at radius 2 is 2.33 bits per heavy atom. The van der Waals surface area contributed by atoms with Gasteiger partial charge in [-0.2, -0.15) is 0 Å². The Kier molecular flexibility index (Phi) is 4.33. The summed E-state index contributed by atoms with van der Waals surface area (Å²) >= 11 is 5.78. The normalized spacial score (nSPS) is 14.1. The molecule has 0 radical (unpaired) electrons. The van der Waals surface area contributed by atoms with Crippen molar-refractivity contribution in [2.45, 2.75) is 12.2 Å². The molecule has 0 aromatic carbocycles. The molecule has 6 nitrogen and oxygen atoms in total. The van der Waals surface area contributed by atoms with Gasteiger partial charge in [0, 0.05) is 27.9 Å². The molecule has 2 N–H and O–H groups in total. The highest BCUT2D eigenvalue weighted by atomic mass is 35.5. The van der Waals surface area contributed by atoms with Crippen LogP contribution in [-0.4, -0.2) is 27.8 Å². The number of rotatable bonds is 4. The van der Waals surface area contributed by atoms with Gasteiger partial charge in [-0.3, -0.25) is 4.98 Å². The molecule has 2 atom stereocenters. The lowest BCUT2D eigenvalue weighted by Gasteiger charge is -2.16. The number of aromatic nitrogens is 1. The first-order valence-corrected chi connectivity index (χ1v) is 4.51. The molecule has 0 aliphatic carbocycles. The van der Waals surface area contributed by atoms with E-state index >= 15 is 0 Å². The van der Waals surface area contributed by atoms with Crippen molar-refractivity contribution in [2.24, 2.45) is 5.11 Å². The standard InChI is InChI=1S/C8H9ClN4O2/c9-6-1-2-11-3-5(6)8(15)7(14)4-12-13-10/h1-3,7-8,14-15H,4H2. The smallest absolute Gasteiger partial charge is 0.108 e. The third-order valence-electron chi connectivity index (χ3n) is 1.81. The summed E-state index contributed by atoms with van der Waals surface area (Å²) in [6.45, 7) is -0.219. The first-order chi connectivity index (χ1) is 7.16. The molecule has 0 aliphatic heterocycles. The minimum absolute atomic E-state index is 0.219. The first-order valence-electron chi connectivity index (χ1n) is 4.13. The van der Waals surface area contributed by atoms with Gasteiger partial charge in [0.2, 0.25) is 0 Å². The largest absolute Gasteiger partial charge is 0.390 e. The van der Waals surface area contributed by atoms with Crippen LogP contribution in [0.25, 0.3) is 10.4 Å². The molecule has 1 aromatic heterocycles. The van der Waals surface area contributed by atoms with E-state index in [0.717, 1.165) is 0 Å². The summed E-state index contributed by atoms with van der Waals surface area (Å²) in [5.41, 5.74) is 8.35. The Bertz CT molecular complexity index is 381. The predicted octanol–water partition coefficient (Wildman–Crippen LogP) is 1.44. The zero-order valence-corrected chi connectivity index (χ0v) is 8.41. The van der Waals surface area contributed by atoms with Gasteiger partial charge in [0.1, 0.15) is 6.10 Å². The number of nitrogens with zero attached hydrogens (tertiary/aromatic N) is 4. The van der Waals surface area contributed by atoms with Crippen molar-refractivity contribution in [3.8, 4) is 0 Å². The number of halogens is 1. The molecule has 1 aromatic rings. The van der Waals surface area contributed by atoms with Gasteiger partial charge in [-0.1, -0.05) is 16.7 Å². The first kappa shape index (κ1) is 11.7. The highest BCUT2D eigenvalue weighted by Gasteiger charge is 2.19. The summed E-state index contributed by atoms with van der Waals surface area (Å²) < 4.78 is 0. The fourth-order valence-corrected chi connectivity index (χ4v) is 1.25. The zero-order valence-electron chi connectivity index (χ0n) is 7.66. The van der Waals surface area contributed by atoms with E-state index in [1.807, 2.05) is 0 Å². The Morgan fingerprint density at radius 1 is 1.60 bits per heavy atom. The number of hydrogen-bond acceptors (Lipinski definition) is 4. The topological polar surface area (TPSA) is 102 Å². The van der Waals surface area contributed by atoms with Crippen molar-refractivity contribution in [1.29, 1.82) is 0 Å². The summed E-state index contributed by atoms with van der Waals surface area (Å²) in [5.74, 6) is 0. The second kappa shape index (κ2) is 5.53. The molecule has 1 rings (SSSR count). The van der Waals surface area contributed by atoms with Crippen LogP contribution in [0, 0.1) is 0 Å². The van der Waals surface area contributed by atoms with Gasteiger partial charge in [0.15, 0.2) is 0 Å². The molecule has 0 fully saturated rings. The van der Waals surface area contributed by atoms with Gasteiger partial charge in [0.25, 0.3) is 0 Å². The van der Waals surface area contributed by atoms with Crippen molar-refractivity contribution >= 4 is 11.6 Å². The lowest BCUT2D eigenvalue weighted by atomic mass is 10.1. The van der Waals surface area contributed by atoms with E-state index in [1.165, 1.54) is 18.5 Å². The number of aliphatic hydroxyl groups excluding tert-OH is 2. The van der Waals surface area contributed by atoms with Crippen molar-refractivity contribution in [2.75, 3.05) is 6.54 Å². The van der Waals surface area contributed by atoms with Gasteiger partial charge >= 0.3 is 0 Å². The lowest BCUT2D eigenvalue weighted by Crippen LogP contribution is -2.21. The molecule has 0 amide bonds. The Balaban J connectivity index is 2.79. The summed E-state index contributed by atoms with van der Waals surface area (Å²) in [6, 6.07) is 1.50. The number of azide groups is 1. The average molecular weight is 229 g/mol. The highest BCUT2D eigenvalue weighted by molar-refractivity contribution is 6.31. The third kappa shape index (κ3) is 3.07. The minimum atomic E-state index is -1.21. The average Bonchev–Trinajstić information content (AvgIpc) is 2.25. The van der Waals surface area contributed by atoms with Crippen LogP contribution in [-0.2, 0) is 0 Å². The summed E-state index contributed by atoms with van der Waals surface area (Å²) in [7, 11) is 0. The van der Waals surface area contributed by atoms with E-state index in [9.17, 15) is 10.2 Å². The van der Waals surface area contributed by atoms with Gasteiger partial charge in [-0.15, -0.1) is 0 Å². The van der Waals surface area contributed by atoms with Gasteiger partial charge in [-0.05, 0) is 11.6 Å². The second-order valence-corrected chi connectivity index (χ2v) is 3.23. The molecular formula is C8H9ClN4O2. The van der Waals surface area contributed by atoms with E-state index in [0.29, 0.717) is 10.6 Å². The predicted molar refractivity (Wildman–Crippen MR) is 54.2 cm³/mol. The van der Waals surface area contributed by atoms with E-state index in [1.54, 1.807) is 0 Å². The van der Waals surface area contributed by atoms with Crippen LogP contribution in [0.5, 0.6) is 0 Å². The van der Waals surface area contributed by atoms with Crippen molar-refractivity contribution < 1.29 is 10.2 Å². The molecule has 0 aliphatic rings. The lowest BCUT2D eigenvalue weighted by molar-refractivity contribution is 0.0242. The Morgan fingerprint density at radius 3 is 2.93 bits per heavy atom. The fourth-order valence-electron chi connectivity index (χ4n) is 1.03. The molecule has 0 bridgehead atoms. The second-order valence-electron chi connectivity index (χ2n) is 2.82. The SMILES string of the molecule is [N-]=[N+]=NCC(O)C(O)c1cnccc1Cl. The van der Waals surface area contributed by atoms with E-state index in [2.05, 4.69) is 15.0 Å². The molecule has 0 saturated carbocycles. The molecule has 15 heavy (non-hydrogen) atoms. The zero-order chi connectivity index (χ0) is 11.3. The van der Waals surface area contributed by atoms with Crippen LogP contribution in [0.1, 0.15) is 11.7 Å². The highest BCUT2D eigenvalue weighted by Crippen LogP contribution is 2.24. The van der Waals surface area contributed by atoms with Crippen LogP contribution >= 0.6 is 11.6 Å². The van der Waals surface area contributed by atoms with E-state index in [4.69, 9.17) is 17.1 Å². The van der Waals surface area contributed by atoms with Crippen LogP contribution in [0.15, 0.2) is 23.6 Å². The fraction of sp³-hybridized carbons (Fsp3) is 0.375. The number of pyridine rings is 1. The van der Waals surface area contributed by atoms with Gasteiger partial charge in [-0.25, -0.2) is 0 Å². The maximum absolute atomic E-state index is 9.64. The molecule has 80 valence electrons. The van der Waals surface area contributed by atoms with Gasteiger partial charge < -0.3 is 10.2 Å². The number of hydrogen-bond donors (Lipinski definition) is 2. The molecule has 7 heteroatoms. The van der Waals surface area contributed by atoms with E-state index < -0.39 is 12.2 Å². The van der Waals surface area contributed by atoms with Gasteiger partial charge in [0.05, 0.1) is 12.6 Å². The molecule has 2 unspecified atom stereocenters.